The molecule has 1 aliphatic carbocycles. The van der Waals surface area contributed by atoms with Crippen LogP contribution < -0.4 is 15.6 Å². The molecule has 0 spiro atoms. The standard InChI is InChI=1S/C27H27N3O3S2/c1-16(2)33-21-11-9-20(10-12-21)28-23(31)15-35-27-29-25(32)24-22(14-34-26(24)30-27)19-8-7-17-5-3-4-6-18(17)13-19/h7-14,16H,3-6,15H2,1-2H3,(H,28,31)(H,29,30,32). The first-order chi connectivity index (χ1) is 17.0. The highest BCUT2D eigenvalue weighted by Crippen LogP contribution is 2.34. The molecule has 2 heterocycles. The van der Waals surface area contributed by atoms with Gasteiger partial charge < -0.3 is 15.0 Å². The summed E-state index contributed by atoms with van der Waals surface area (Å²) < 4.78 is 5.62. The Hall–Kier alpha value is -3.10. The Bertz CT molecular complexity index is 1420. The molecular formula is C27H27N3O3S2. The third-order valence-corrected chi connectivity index (χ3v) is 7.68. The first-order valence-corrected chi connectivity index (χ1v) is 13.7. The molecule has 0 aliphatic heterocycles. The van der Waals surface area contributed by atoms with Gasteiger partial charge in [0, 0.05) is 16.6 Å². The summed E-state index contributed by atoms with van der Waals surface area (Å²) in [6.45, 7) is 3.93. The Labute approximate surface area is 212 Å². The van der Waals surface area contributed by atoms with Crippen LogP contribution in [-0.2, 0) is 17.6 Å². The lowest BCUT2D eigenvalue weighted by atomic mass is 9.89. The van der Waals surface area contributed by atoms with Crippen molar-refractivity contribution in [3.05, 3.63) is 69.3 Å². The van der Waals surface area contributed by atoms with Crippen molar-refractivity contribution in [3.63, 3.8) is 0 Å². The van der Waals surface area contributed by atoms with Crippen molar-refractivity contribution in [2.75, 3.05) is 11.1 Å². The first-order valence-electron chi connectivity index (χ1n) is 11.8. The van der Waals surface area contributed by atoms with Gasteiger partial charge >= 0.3 is 0 Å². The van der Waals surface area contributed by atoms with Crippen molar-refractivity contribution >= 4 is 44.9 Å². The molecule has 0 radical (unpaired) electrons. The summed E-state index contributed by atoms with van der Waals surface area (Å²) >= 11 is 2.68. The minimum Gasteiger partial charge on any atom is -0.491 e. The molecular weight excluding hydrogens is 478 g/mol. The number of nitrogens with zero attached hydrogens (tertiary/aromatic N) is 1. The van der Waals surface area contributed by atoms with Crippen LogP contribution in [0.4, 0.5) is 5.69 Å². The second kappa shape index (κ2) is 10.3. The maximum absolute atomic E-state index is 13.0. The van der Waals surface area contributed by atoms with Gasteiger partial charge in [-0.2, -0.15) is 0 Å². The molecule has 2 N–H and O–H groups in total. The molecule has 0 saturated carbocycles. The fraction of sp³-hybridized carbons (Fsp3) is 0.296. The van der Waals surface area contributed by atoms with Crippen molar-refractivity contribution in [1.82, 2.24) is 9.97 Å². The average molecular weight is 506 g/mol. The summed E-state index contributed by atoms with van der Waals surface area (Å²) in [5.74, 6) is 0.728. The highest BCUT2D eigenvalue weighted by molar-refractivity contribution is 7.99. The molecule has 0 unspecified atom stereocenters. The molecule has 2 aromatic carbocycles. The van der Waals surface area contributed by atoms with Crippen molar-refractivity contribution in [1.29, 1.82) is 0 Å². The minimum absolute atomic E-state index is 0.0938. The number of aromatic amines is 1. The Morgan fingerprint density at radius 1 is 1.14 bits per heavy atom. The smallest absolute Gasteiger partial charge is 0.260 e. The summed E-state index contributed by atoms with van der Waals surface area (Å²) in [7, 11) is 0. The summed E-state index contributed by atoms with van der Waals surface area (Å²) in [6, 6.07) is 13.8. The van der Waals surface area contributed by atoms with Gasteiger partial charge in [-0.25, -0.2) is 4.98 Å². The van der Waals surface area contributed by atoms with E-state index in [2.05, 4.69) is 33.5 Å². The van der Waals surface area contributed by atoms with E-state index >= 15 is 0 Å². The van der Waals surface area contributed by atoms with E-state index in [1.165, 1.54) is 47.1 Å². The lowest BCUT2D eigenvalue weighted by Gasteiger charge is -2.16. The van der Waals surface area contributed by atoms with Gasteiger partial charge in [0.15, 0.2) is 5.16 Å². The van der Waals surface area contributed by atoms with Gasteiger partial charge in [0.25, 0.3) is 5.56 Å². The Morgan fingerprint density at radius 3 is 2.69 bits per heavy atom. The van der Waals surface area contributed by atoms with Gasteiger partial charge in [0.2, 0.25) is 5.91 Å². The van der Waals surface area contributed by atoms with E-state index in [4.69, 9.17) is 4.74 Å². The number of carbonyl (C=O) groups is 1. The minimum atomic E-state index is -0.173. The fourth-order valence-electron chi connectivity index (χ4n) is 4.33. The van der Waals surface area contributed by atoms with Crippen LogP contribution in [0, 0.1) is 0 Å². The SMILES string of the molecule is CC(C)Oc1ccc(NC(=O)CSc2nc3scc(-c4ccc5c(c4)CCCC5)c3c(=O)[nH]2)cc1. The van der Waals surface area contributed by atoms with Gasteiger partial charge in [0.05, 0.1) is 17.2 Å². The number of ether oxygens (including phenoxy) is 1. The summed E-state index contributed by atoms with van der Waals surface area (Å²) in [4.78, 5) is 33.6. The molecule has 0 bridgehead atoms. The Kier molecular flexibility index (Phi) is 6.92. The number of rotatable bonds is 7. The molecule has 0 fully saturated rings. The Morgan fingerprint density at radius 2 is 1.91 bits per heavy atom. The molecule has 4 aromatic rings. The number of nitrogens with one attached hydrogen (secondary N) is 2. The normalized spacial score (nSPS) is 13.1. The number of H-pyrrole nitrogens is 1. The van der Waals surface area contributed by atoms with Crippen LogP contribution in [0.2, 0.25) is 0 Å². The summed E-state index contributed by atoms with van der Waals surface area (Å²) in [5.41, 5.74) is 5.31. The predicted molar refractivity (Wildman–Crippen MR) is 144 cm³/mol. The zero-order valence-electron chi connectivity index (χ0n) is 19.7. The predicted octanol–water partition coefficient (Wildman–Crippen LogP) is 6.05. The molecule has 1 aliphatic rings. The highest BCUT2D eigenvalue weighted by Gasteiger charge is 2.16. The molecule has 35 heavy (non-hydrogen) atoms. The number of hydrogen-bond acceptors (Lipinski definition) is 6. The summed E-state index contributed by atoms with van der Waals surface area (Å²) in [6.07, 6.45) is 4.79. The zero-order chi connectivity index (χ0) is 24.4. The highest BCUT2D eigenvalue weighted by atomic mass is 32.2. The van der Waals surface area contributed by atoms with Crippen LogP contribution in [0.3, 0.4) is 0 Å². The van der Waals surface area contributed by atoms with Gasteiger partial charge in [-0.3, -0.25) is 9.59 Å². The van der Waals surface area contributed by atoms with E-state index in [0.717, 1.165) is 29.7 Å². The third kappa shape index (κ3) is 5.44. The zero-order valence-corrected chi connectivity index (χ0v) is 21.4. The van der Waals surface area contributed by atoms with E-state index < -0.39 is 0 Å². The molecule has 0 saturated heterocycles. The van der Waals surface area contributed by atoms with Crippen LogP contribution in [0.15, 0.2) is 57.8 Å². The molecule has 5 rings (SSSR count). The van der Waals surface area contributed by atoms with E-state index in [0.29, 0.717) is 21.1 Å². The molecule has 2 aromatic heterocycles. The van der Waals surface area contributed by atoms with Crippen LogP contribution in [0.25, 0.3) is 21.3 Å². The molecule has 0 atom stereocenters. The number of benzene rings is 2. The molecule has 180 valence electrons. The number of aryl methyl sites for hydroxylation is 2. The second-order valence-electron chi connectivity index (χ2n) is 8.92. The number of hydrogen-bond donors (Lipinski definition) is 2. The Balaban J connectivity index is 1.27. The van der Waals surface area contributed by atoms with Gasteiger partial charge in [0.1, 0.15) is 10.6 Å². The lowest BCUT2D eigenvalue weighted by molar-refractivity contribution is -0.113. The number of amides is 1. The number of thioether (sulfide) groups is 1. The largest absolute Gasteiger partial charge is 0.491 e. The van der Waals surface area contributed by atoms with Crippen molar-refractivity contribution in [3.8, 4) is 16.9 Å². The number of carbonyl (C=O) groups excluding carboxylic acids is 1. The fourth-order valence-corrected chi connectivity index (χ4v) is 6.00. The van der Waals surface area contributed by atoms with E-state index in [1.54, 1.807) is 12.1 Å². The van der Waals surface area contributed by atoms with Crippen molar-refractivity contribution in [2.24, 2.45) is 0 Å². The second-order valence-corrected chi connectivity index (χ2v) is 10.7. The molecule has 1 amide bonds. The van der Waals surface area contributed by atoms with Crippen molar-refractivity contribution in [2.45, 2.75) is 50.8 Å². The van der Waals surface area contributed by atoms with Crippen molar-refractivity contribution < 1.29 is 9.53 Å². The number of anilines is 1. The lowest BCUT2D eigenvalue weighted by Crippen LogP contribution is -2.15. The van der Waals surface area contributed by atoms with Gasteiger partial charge in [-0.05, 0) is 80.5 Å². The molecule has 6 nitrogen and oxygen atoms in total. The third-order valence-electron chi connectivity index (χ3n) is 5.93. The van der Waals surface area contributed by atoms with Crippen LogP contribution in [-0.4, -0.2) is 27.7 Å². The van der Waals surface area contributed by atoms with Crippen LogP contribution >= 0.6 is 23.1 Å². The maximum Gasteiger partial charge on any atom is 0.260 e. The first kappa shape index (κ1) is 23.6. The van der Waals surface area contributed by atoms with Crippen LogP contribution in [0.1, 0.15) is 37.8 Å². The number of thiophene rings is 1. The van der Waals surface area contributed by atoms with E-state index in [9.17, 15) is 9.59 Å². The van der Waals surface area contributed by atoms with E-state index in [-0.39, 0.29) is 23.3 Å². The average Bonchev–Trinajstić information content (AvgIpc) is 3.28. The summed E-state index contributed by atoms with van der Waals surface area (Å²) in [5, 5.41) is 5.92. The number of aromatic nitrogens is 2. The van der Waals surface area contributed by atoms with Crippen LogP contribution in [0.5, 0.6) is 5.75 Å². The van der Waals surface area contributed by atoms with E-state index in [1.807, 2.05) is 31.4 Å². The topological polar surface area (TPSA) is 84.1 Å². The van der Waals surface area contributed by atoms with Gasteiger partial charge in [-0.1, -0.05) is 30.0 Å². The quantitative estimate of drug-likeness (QED) is 0.236. The van der Waals surface area contributed by atoms with Gasteiger partial charge in [-0.15, -0.1) is 11.3 Å². The molecule has 8 heteroatoms. The monoisotopic (exact) mass is 505 g/mol. The maximum atomic E-state index is 13.0. The number of fused-ring (bicyclic) bond motifs is 2.